The molecule has 1 aliphatic heterocycles. The first-order chi connectivity index (χ1) is 11.7. The second-order valence-corrected chi connectivity index (χ2v) is 7.53. The molecule has 1 aliphatic carbocycles. The fraction of sp³-hybridized carbons (Fsp3) is 0.333. The van der Waals surface area contributed by atoms with Gasteiger partial charge in [-0.1, -0.05) is 0 Å². The first-order valence-electron chi connectivity index (χ1n) is 8.22. The van der Waals surface area contributed by atoms with Crippen molar-refractivity contribution in [1.82, 2.24) is 14.3 Å². The molecular weight excluding hydrogens is 325 g/mol. The molecule has 2 aromatic heterocycles. The maximum atomic E-state index is 13.1. The van der Waals surface area contributed by atoms with Crippen LogP contribution in [0.15, 0.2) is 35.8 Å². The van der Waals surface area contributed by atoms with Gasteiger partial charge in [0.15, 0.2) is 4.96 Å². The van der Waals surface area contributed by atoms with E-state index in [1.807, 2.05) is 20.9 Å². The number of imidazole rings is 1. The molecule has 2 atom stereocenters. The number of piperidine rings is 1. The van der Waals surface area contributed by atoms with Gasteiger partial charge in [-0.05, 0) is 49.4 Å². The van der Waals surface area contributed by atoms with Crippen LogP contribution in [-0.2, 0) is 0 Å². The molecule has 3 heterocycles. The number of hydrogen-bond acceptors (Lipinski definition) is 3. The van der Waals surface area contributed by atoms with Crippen LogP contribution in [0.2, 0.25) is 0 Å². The quantitative estimate of drug-likeness (QED) is 0.710. The summed E-state index contributed by atoms with van der Waals surface area (Å²) < 4.78 is 15.0. The SMILES string of the molecule is O=C(c1csc2nc(-c3ccc(F)cc3)cn12)N1C[C@@H]2CC[C@H]1C2. The maximum absolute atomic E-state index is 13.1. The Morgan fingerprint density at radius 3 is 2.79 bits per heavy atom. The van der Waals surface area contributed by atoms with Crippen LogP contribution in [0.3, 0.4) is 0 Å². The van der Waals surface area contributed by atoms with Gasteiger partial charge in [0.2, 0.25) is 0 Å². The fourth-order valence-corrected chi connectivity index (χ4v) is 4.87. The van der Waals surface area contributed by atoms with E-state index >= 15 is 0 Å². The lowest BCUT2D eigenvalue weighted by molar-refractivity contribution is 0.0697. The van der Waals surface area contributed by atoms with Crippen LogP contribution in [0, 0.1) is 11.7 Å². The minimum atomic E-state index is -0.264. The Kier molecular flexibility index (Phi) is 3.03. The second kappa shape index (κ2) is 5.14. The smallest absolute Gasteiger partial charge is 0.272 e. The van der Waals surface area contributed by atoms with Gasteiger partial charge in [0.25, 0.3) is 5.91 Å². The van der Waals surface area contributed by atoms with Crippen molar-refractivity contribution in [3.63, 3.8) is 0 Å². The molecule has 1 aromatic carbocycles. The van der Waals surface area contributed by atoms with Crippen molar-refractivity contribution in [2.24, 2.45) is 5.92 Å². The number of rotatable bonds is 2. The molecule has 6 heteroatoms. The minimum absolute atomic E-state index is 0.108. The molecule has 2 bridgehead atoms. The van der Waals surface area contributed by atoms with Gasteiger partial charge >= 0.3 is 0 Å². The molecule has 1 saturated carbocycles. The van der Waals surface area contributed by atoms with Crippen LogP contribution in [0.5, 0.6) is 0 Å². The molecule has 3 aromatic rings. The second-order valence-electron chi connectivity index (χ2n) is 6.70. The van der Waals surface area contributed by atoms with Crippen molar-refractivity contribution in [1.29, 1.82) is 0 Å². The summed E-state index contributed by atoms with van der Waals surface area (Å²) in [6.07, 6.45) is 5.42. The molecule has 24 heavy (non-hydrogen) atoms. The highest BCUT2D eigenvalue weighted by molar-refractivity contribution is 7.15. The molecule has 5 rings (SSSR count). The minimum Gasteiger partial charge on any atom is -0.334 e. The number of carbonyl (C=O) groups is 1. The molecule has 1 amide bonds. The van der Waals surface area contributed by atoms with E-state index in [2.05, 4.69) is 4.98 Å². The molecular formula is C18H16FN3OS. The van der Waals surface area contributed by atoms with Crippen LogP contribution >= 0.6 is 11.3 Å². The zero-order valence-corrected chi connectivity index (χ0v) is 13.8. The van der Waals surface area contributed by atoms with E-state index in [-0.39, 0.29) is 11.7 Å². The van der Waals surface area contributed by atoms with Crippen molar-refractivity contribution in [2.75, 3.05) is 6.54 Å². The van der Waals surface area contributed by atoms with Crippen molar-refractivity contribution in [2.45, 2.75) is 25.3 Å². The Balaban J connectivity index is 1.51. The van der Waals surface area contributed by atoms with Gasteiger partial charge in [0, 0.05) is 29.7 Å². The average Bonchev–Trinajstić information content (AvgIpc) is 3.34. The zero-order valence-electron chi connectivity index (χ0n) is 13.0. The molecule has 1 saturated heterocycles. The van der Waals surface area contributed by atoms with Gasteiger partial charge in [-0.2, -0.15) is 0 Å². The Labute approximate surface area is 142 Å². The number of nitrogens with zero attached hydrogens (tertiary/aromatic N) is 3. The standard InChI is InChI=1S/C18H16FN3OS/c19-13-4-2-12(3-5-13)15-9-22-16(10-24-18(22)20-15)17(23)21-8-11-1-6-14(21)7-11/h2-5,9-11,14H,1,6-8H2/t11-,14+/m1/s1. The highest BCUT2D eigenvalue weighted by atomic mass is 32.1. The molecule has 0 spiro atoms. The van der Waals surface area contributed by atoms with Crippen LogP contribution in [0.4, 0.5) is 4.39 Å². The van der Waals surface area contributed by atoms with Crippen molar-refractivity contribution < 1.29 is 9.18 Å². The Hall–Kier alpha value is -2.21. The van der Waals surface area contributed by atoms with Crippen LogP contribution in [0.25, 0.3) is 16.2 Å². The van der Waals surface area contributed by atoms with Crippen LogP contribution < -0.4 is 0 Å². The molecule has 0 unspecified atom stereocenters. The Bertz CT molecular complexity index is 930. The third-order valence-corrected chi connectivity index (χ3v) is 6.08. The van der Waals surface area contributed by atoms with E-state index in [4.69, 9.17) is 0 Å². The lowest BCUT2D eigenvalue weighted by atomic mass is 10.1. The van der Waals surface area contributed by atoms with E-state index in [0.29, 0.717) is 17.7 Å². The summed E-state index contributed by atoms with van der Waals surface area (Å²) in [6.45, 7) is 0.889. The monoisotopic (exact) mass is 341 g/mol. The summed E-state index contributed by atoms with van der Waals surface area (Å²) in [5.74, 6) is 0.530. The number of halogens is 1. The summed E-state index contributed by atoms with van der Waals surface area (Å²) in [4.78, 5) is 20.3. The number of likely N-dealkylation sites (tertiary alicyclic amines) is 1. The summed E-state index contributed by atoms with van der Waals surface area (Å²) in [5, 5.41) is 1.89. The first-order valence-corrected chi connectivity index (χ1v) is 9.10. The molecule has 4 nitrogen and oxygen atoms in total. The summed E-state index contributed by atoms with van der Waals surface area (Å²) >= 11 is 1.47. The molecule has 2 aliphatic rings. The van der Waals surface area contributed by atoms with E-state index < -0.39 is 0 Å². The summed E-state index contributed by atoms with van der Waals surface area (Å²) in [5.41, 5.74) is 2.30. The highest BCUT2D eigenvalue weighted by Gasteiger charge is 2.41. The van der Waals surface area contributed by atoms with Gasteiger partial charge in [-0.25, -0.2) is 9.37 Å². The largest absolute Gasteiger partial charge is 0.334 e. The average molecular weight is 341 g/mol. The number of carbonyl (C=O) groups excluding carboxylic acids is 1. The molecule has 0 radical (unpaired) electrons. The van der Waals surface area contributed by atoms with Crippen molar-refractivity contribution in [3.8, 4) is 11.3 Å². The number of fused-ring (bicyclic) bond motifs is 3. The third-order valence-electron chi connectivity index (χ3n) is 5.24. The van der Waals surface area contributed by atoms with Gasteiger partial charge in [0.1, 0.15) is 11.5 Å². The van der Waals surface area contributed by atoms with Gasteiger partial charge in [0.05, 0.1) is 5.69 Å². The number of aromatic nitrogens is 2. The van der Waals surface area contributed by atoms with Crippen LogP contribution in [-0.4, -0.2) is 32.8 Å². The van der Waals surface area contributed by atoms with Gasteiger partial charge in [-0.3, -0.25) is 9.20 Å². The molecule has 0 N–H and O–H groups in total. The van der Waals surface area contributed by atoms with Crippen molar-refractivity contribution in [3.05, 3.63) is 47.4 Å². The molecule has 122 valence electrons. The van der Waals surface area contributed by atoms with Gasteiger partial charge in [-0.15, -0.1) is 11.3 Å². The van der Waals surface area contributed by atoms with E-state index in [1.165, 1.54) is 29.9 Å². The Morgan fingerprint density at radius 2 is 2.08 bits per heavy atom. The summed E-state index contributed by atoms with van der Waals surface area (Å²) in [6, 6.07) is 6.69. The number of benzene rings is 1. The lowest BCUT2D eigenvalue weighted by Gasteiger charge is -2.26. The third kappa shape index (κ3) is 2.09. The zero-order chi connectivity index (χ0) is 16.3. The number of amides is 1. The lowest BCUT2D eigenvalue weighted by Crippen LogP contribution is -2.38. The van der Waals surface area contributed by atoms with Crippen LogP contribution in [0.1, 0.15) is 29.8 Å². The van der Waals surface area contributed by atoms with E-state index in [1.54, 1.807) is 12.1 Å². The highest BCUT2D eigenvalue weighted by Crippen LogP contribution is 2.38. The van der Waals surface area contributed by atoms with E-state index in [0.717, 1.165) is 35.6 Å². The van der Waals surface area contributed by atoms with Gasteiger partial charge < -0.3 is 4.90 Å². The fourth-order valence-electron chi connectivity index (χ4n) is 4.02. The number of hydrogen-bond donors (Lipinski definition) is 0. The Morgan fingerprint density at radius 1 is 1.25 bits per heavy atom. The predicted octanol–water partition coefficient (Wildman–Crippen LogP) is 3.83. The summed E-state index contributed by atoms with van der Waals surface area (Å²) in [7, 11) is 0. The molecule has 2 fully saturated rings. The normalized spacial score (nSPS) is 22.6. The van der Waals surface area contributed by atoms with E-state index in [9.17, 15) is 9.18 Å². The maximum Gasteiger partial charge on any atom is 0.272 e. The topological polar surface area (TPSA) is 37.6 Å². The number of thiazole rings is 1. The predicted molar refractivity (Wildman–Crippen MR) is 90.6 cm³/mol. The van der Waals surface area contributed by atoms with Crippen molar-refractivity contribution >= 4 is 22.2 Å². The first kappa shape index (κ1) is 14.2.